The van der Waals surface area contributed by atoms with Gasteiger partial charge in [0.15, 0.2) is 5.65 Å². The second-order valence-electron chi connectivity index (χ2n) is 16.0. The van der Waals surface area contributed by atoms with Crippen molar-refractivity contribution in [1.82, 2.24) is 35.4 Å². The van der Waals surface area contributed by atoms with E-state index >= 15 is 0 Å². The van der Waals surface area contributed by atoms with Crippen LogP contribution in [0.1, 0.15) is 66.9 Å². The summed E-state index contributed by atoms with van der Waals surface area (Å²) in [5, 5.41) is 15.4. The number of benzene rings is 2. The molecule has 3 aliphatic heterocycles. The largest absolute Gasteiger partial charge is 0.379 e. The molecule has 5 heterocycles. The minimum absolute atomic E-state index is 0.0455. The van der Waals surface area contributed by atoms with Crippen LogP contribution in [-0.2, 0) is 33.4 Å². The minimum Gasteiger partial charge on any atom is -0.379 e. The number of halogens is 2. The van der Waals surface area contributed by atoms with Crippen molar-refractivity contribution in [3.05, 3.63) is 83.7 Å². The maximum Gasteiger partial charge on any atom is 0.256 e. The maximum atomic E-state index is 14.6. The molecule has 4 aromatic rings. The van der Waals surface area contributed by atoms with Gasteiger partial charge in [0, 0.05) is 81.8 Å². The first kappa shape index (κ1) is 46.7. The zero-order valence-electron chi connectivity index (χ0n) is 36.3. The van der Waals surface area contributed by atoms with E-state index in [1.54, 1.807) is 12.3 Å². The molecule has 0 aliphatic carbocycles. The first-order chi connectivity index (χ1) is 31.6. The fourth-order valence-corrected chi connectivity index (χ4v) is 8.05. The van der Waals surface area contributed by atoms with Crippen LogP contribution in [0.25, 0.3) is 5.65 Å². The number of hydrogen-bond donors (Lipinski definition) is 4. The van der Waals surface area contributed by atoms with Gasteiger partial charge >= 0.3 is 0 Å². The predicted octanol–water partition coefficient (Wildman–Crippen LogP) is 2.98. The molecule has 2 unspecified atom stereocenters. The Morgan fingerprint density at radius 3 is 2.29 bits per heavy atom. The van der Waals surface area contributed by atoms with Crippen LogP contribution in [0.4, 0.5) is 26.0 Å². The summed E-state index contributed by atoms with van der Waals surface area (Å²) in [5.41, 5.74) is 2.74. The van der Waals surface area contributed by atoms with Gasteiger partial charge in [0.25, 0.3) is 5.91 Å². The number of rotatable bonds is 22. The van der Waals surface area contributed by atoms with Crippen molar-refractivity contribution in [1.29, 1.82) is 0 Å². The Labute approximate surface area is 375 Å². The van der Waals surface area contributed by atoms with Crippen molar-refractivity contribution < 1.29 is 47.0 Å². The van der Waals surface area contributed by atoms with Crippen LogP contribution in [-0.4, -0.2) is 141 Å². The van der Waals surface area contributed by atoms with Crippen LogP contribution in [0, 0.1) is 11.6 Å². The lowest BCUT2D eigenvalue weighted by Crippen LogP contribution is -2.49. The van der Waals surface area contributed by atoms with Gasteiger partial charge in [0.1, 0.15) is 29.1 Å². The van der Waals surface area contributed by atoms with E-state index in [9.17, 15) is 32.8 Å². The summed E-state index contributed by atoms with van der Waals surface area (Å²) in [6.07, 6.45) is 6.29. The molecule has 3 fully saturated rings. The van der Waals surface area contributed by atoms with Crippen molar-refractivity contribution in [3.63, 3.8) is 0 Å². The van der Waals surface area contributed by atoms with E-state index in [0.717, 1.165) is 29.9 Å². The Hall–Kier alpha value is -6.25. The molecule has 0 saturated carbocycles. The highest BCUT2D eigenvalue weighted by Crippen LogP contribution is 2.37. The van der Waals surface area contributed by atoms with Crippen molar-refractivity contribution in [3.8, 4) is 0 Å². The topological polar surface area (TPSA) is 201 Å². The summed E-state index contributed by atoms with van der Waals surface area (Å²) in [4.78, 5) is 72.1. The predicted molar refractivity (Wildman–Crippen MR) is 235 cm³/mol. The van der Waals surface area contributed by atoms with Gasteiger partial charge in [0.05, 0.1) is 58.3 Å². The van der Waals surface area contributed by atoms with Crippen molar-refractivity contribution in [2.75, 3.05) is 101 Å². The Morgan fingerprint density at radius 1 is 0.815 bits per heavy atom. The fraction of sp³-hybridized carbons (Fsp3) is 0.489. The first-order valence-electron chi connectivity index (χ1n) is 22.2. The molecule has 348 valence electrons. The third-order valence-electron chi connectivity index (χ3n) is 11.5. The summed E-state index contributed by atoms with van der Waals surface area (Å²) in [5.74, 6) is -1.48. The summed E-state index contributed by atoms with van der Waals surface area (Å²) in [6, 6.07) is 12.2. The average molecular weight is 903 g/mol. The highest BCUT2D eigenvalue weighted by Gasteiger charge is 2.31. The lowest BCUT2D eigenvalue weighted by molar-refractivity contribution is -0.134. The van der Waals surface area contributed by atoms with Gasteiger partial charge in [-0.15, -0.1) is 0 Å². The van der Waals surface area contributed by atoms with E-state index in [0.29, 0.717) is 116 Å². The highest BCUT2D eigenvalue weighted by atomic mass is 19.1. The molecule has 2 aromatic heterocycles. The van der Waals surface area contributed by atoms with E-state index in [2.05, 4.69) is 36.2 Å². The molecule has 2 atom stereocenters. The molecular weight excluding hydrogens is 847 g/mol. The molecule has 65 heavy (non-hydrogen) atoms. The van der Waals surface area contributed by atoms with Gasteiger partial charge in [-0.25, -0.2) is 18.3 Å². The van der Waals surface area contributed by atoms with Crippen LogP contribution >= 0.6 is 0 Å². The summed E-state index contributed by atoms with van der Waals surface area (Å²) >= 11 is 0. The number of amides is 5. The maximum absolute atomic E-state index is 14.6. The second kappa shape index (κ2) is 23.1. The number of nitrogens with one attached hydrogen (secondary N) is 4. The SMILES string of the molecule is O=C(CCOCCOCCOCCC(=O)N1CCN(c2ccc(NC3CCC(=O)NC3=O)cc2)CC1)NCCCNC(=O)c1cnn2ccc(N3CCCC3c3cc(F)ccc3F)nc12. The van der Waals surface area contributed by atoms with E-state index in [1.807, 2.05) is 34.1 Å². The average Bonchev–Trinajstić information content (AvgIpc) is 3.98. The smallest absolute Gasteiger partial charge is 0.256 e. The first-order valence-corrected chi connectivity index (χ1v) is 22.2. The van der Waals surface area contributed by atoms with Gasteiger partial charge in [-0.1, -0.05) is 0 Å². The molecule has 0 bridgehead atoms. The van der Waals surface area contributed by atoms with Crippen molar-refractivity contribution in [2.24, 2.45) is 0 Å². The number of nitrogens with zero attached hydrogens (tertiary/aromatic N) is 6. The molecule has 18 nitrogen and oxygen atoms in total. The summed E-state index contributed by atoms with van der Waals surface area (Å²) in [7, 11) is 0. The van der Waals surface area contributed by atoms with Crippen molar-refractivity contribution >= 4 is 52.4 Å². The number of fused-ring (bicyclic) bond motifs is 1. The van der Waals surface area contributed by atoms with Gasteiger partial charge in [0.2, 0.25) is 23.6 Å². The normalized spacial score (nSPS) is 17.7. The molecule has 2 aromatic carbocycles. The van der Waals surface area contributed by atoms with E-state index in [-0.39, 0.29) is 66.2 Å². The van der Waals surface area contributed by atoms with E-state index in [1.165, 1.54) is 16.8 Å². The summed E-state index contributed by atoms with van der Waals surface area (Å²) < 4.78 is 46.7. The number of piperidine rings is 1. The minimum atomic E-state index is -0.504. The van der Waals surface area contributed by atoms with Gasteiger partial charge < -0.3 is 44.9 Å². The number of anilines is 3. The number of hydrogen-bond acceptors (Lipinski definition) is 13. The monoisotopic (exact) mass is 902 g/mol. The van der Waals surface area contributed by atoms with Crippen LogP contribution in [0.5, 0.6) is 0 Å². The highest BCUT2D eigenvalue weighted by molar-refractivity contribution is 6.01. The molecule has 5 amide bonds. The fourth-order valence-electron chi connectivity index (χ4n) is 8.05. The van der Waals surface area contributed by atoms with Gasteiger partial charge in [-0.05, 0) is 74.2 Å². The van der Waals surface area contributed by atoms with E-state index < -0.39 is 17.7 Å². The molecule has 3 saturated heterocycles. The van der Waals surface area contributed by atoms with Crippen LogP contribution < -0.4 is 31.1 Å². The molecular formula is C45H56F2N10O8. The Bertz CT molecular complexity index is 2270. The third-order valence-corrected chi connectivity index (χ3v) is 11.5. The lowest BCUT2D eigenvalue weighted by Gasteiger charge is -2.36. The molecule has 3 aliphatic rings. The zero-order chi connectivity index (χ0) is 45.5. The molecule has 0 spiro atoms. The van der Waals surface area contributed by atoms with Crippen LogP contribution in [0.2, 0.25) is 0 Å². The zero-order valence-corrected chi connectivity index (χ0v) is 36.3. The number of imide groups is 1. The van der Waals surface area contributed by atoms with Gasteiger partial charge in [-0.2, -0.15) is 5.10 Å². The molecule has 7 rings (SSSR count). The standard InChI is InChI=1S/C45H56F2N10O8/c46-31-4-9-36(47)34(29-31)38-3-1-17-56(38)39-12-18-57-43(52-39)35(30-50-57)44(61)49-16-2-15-48-40(58)13-23-63-25-27-65-28-26-64-24-14-42(60)55-21-19-54(20-22-55)33-7-5-32(6-8-33)51-37-10-11-41(59)53-45(37)62/h4-9,12,18,29-30,37-38,51H,1-3,10-11,13-17,19-28H2,(H,48,58)(H,49,61)(H,53,59,62). The quantitative estimate of drug-likeness (QED) is 0.0664. The molecule has 4 N–H and O–H groups in total. The second-order valence-corrected chi connectivity index (χ2v) is 16.0. The number of carbonyl (C=O) groups is 5. The van der Waals surface area contributed by atoms with Gasteiger partial charge in [-0.3, -0.25) is 29.3 Å². The van der Waals surface area contributed by atoms with Crippen LogP contribution in [0.3, 0.4) is 0 Å². The number of carbonyl (C=O) groups excluding carboxylic acids is 5. The molecule has 0 radical (unpaired) electrons. The number of piperazine rings is 1. The lowest BCUT2D eigenvalue weighted by atomic mass is 10.0. The number of ether oxygens (including phenoxy) is 3. The Balaban J connectivity index is 0.676. The van der Waals surface area contributed by atoms with E-state index in [4.69, 9.17) is 14.2 Å². The summed E-state index contributed by atoms with van der Waals surface area (Å²) in [6.45, 7) is 5.79. The Kier molecular flexibility index (Phi) is 16.6. The van der Waals surface area contributed by atoms with Crippen LogP contribution in [0.15, 0.2) is 60.9 Å². The molecule has 20 heteroatoms. The van der Waals surface area contributed by atoms with Crippen molar-refractivity contribution in [2.45, 2.75) is 57.0 Å². The number of aromatic nitrogens is 3. The third kappa shape index (κ3) is 12.9. The Morgan fingerprint density at radius 2 is 1.54 bits per heavy atom.